The minimum absolute atomic E-state index is 0.0717. The van der Waals surface area contributed by atoms with Crippen LogP contribution in [0.3, 0.4) is 0 Å². The zero-order valence-electron chi connectivity index (χ0n) is 13.3. The summed E-state index contributed by atoms with van der Waals surface area (Å²) in [4.78, 5) is 0. The molecule has 4 heteroatoms. The van der Waals surface area contributed by atoms with Gasteiger partial charge >= 0.3 is 0 Å². The summed E-state index contributed by atoms with van der Waals surface area (Å²) in [6.07, 6.45) is 4.02. The first-order valence-corrected chi connectivity index (χ1v) is 7.06. The van der Waals surface area contributed by atoms with Crippen molar-refractivity contribution in [1.82, 2.24) is 9.78 Å². The van der Waals surface area contributed by atoms with Gasteiger partial charge < -0.3 is 10.5 Å². The zero-order valence-corrected chi connectivity index (χ0v) is 13.3. The average molecular weight is 267 g/mol. The fourth-order valence-electron chi connectivity index (χ4n) is 2.29. The summed E-state index contributed by atoms with van der Waals surface area (Å²) < 4.78 is 7.37. The van der Waals surface area contributed by atoms with Crippen LogP contribution in [0.1, 0.15) is 50.1 Å². The van der Waals surface area contributed by atoms with E-state index in [4.69, 9.17) is 10.5 Å². The monoisotopic (exact) mass is 267 g/mol. The Kier molecular flexibility index (Phi) is 5.56. The number of nitrogens with zero attached hydrogens (tertiary/aromatic N) is 2. The predicted molar refractivity (Wildman–Crippen MR) is 79.3 cm³/mol. The minimum Gasteiger partial charge on any atom is -0.379 e. The van der Waals surface area contributed by atoms with Gasteiger partial charge in [-0.2, -0.15) is 5.10 Å². The molecule has 0 bridgehead atoms. The number of hydrogen-bond donors (Lipinski definition) is 1. The van der Waals surface area contributed by atoms with Gasteiger partial charge in [-0.1, -0.05) is 0 Å². The van der Waals surface area contributed by atoms with E-state index in [2.05, 4.69) is 32.8 Å². The molecule has 0 spiro atoms. The van der Waals surface area contributed by atoms with Gasteiger partial charge in [-0.3, -0.25) is 4.68 Å². The summed E-state index contributed by atoms with van der Waals surface area (Å²) in [6, 6.07) is 0.230. The molecular formula is C15H29N3O. The standard InChI is InChI=1S/C15H29N3O/c1-11-14(12(2)18(5)17-11)8-7-13(16)9-10-15(3,4)19-6/h13H,7-10,16H2,1-6H3. The van der Waals surface area contributed by atoms with Crippen molar-refractivity contribution in [2.24, 2.45) is 12.8 Å². The van der Waals surface area contributed by atoms with Gasteiger partial charge in [-0.15, -0.1) is 0 Å². The lowest BCUT2D eigenvalue weighted by Gasteiger charge is -2.24. The summed E-state index contributed by atoms with van der Waals surface area (Å²) in [5.41, 5.74) is 9.87. The number of rotatable bonds is 7. The molecule has 1 aromatic heterocycles. The Labute approximate surface area is 117 Å². The molecule has 110 valence electrons. The quantitative estimate of drug-likeness (QED) is 0.826. The molecule has 4 nitrogen and oxygen atoms in total. The fourth-order valence-corrected chi connectivity index (χ4v) is 2.29. The normalized spacial score (nSPS) is 13.8. The molecule has 2 N–H and O–H groups in total. The number of aromatic nitrogens is 2. The number of aryl methyl sites for hydroxylation is 2. The molecule has 0 fully saturated rings. The lowest BCUT2D eigenvalue weighted by molar-refractivity contribution is 0.0124. The smallest absolute Gasteiger partial charge is 0.0628 e. The summed E-state index contributed by atoms with van der Waals surface area (Å²) >= 11 is 0. The van der Waals surface area contributed by atoms with Gasteiger partial charge in [0, 0.05) is 25.9 Å². The summed E-state index contributed by atoms with van der Waals surface area (Å²) in [5, 5.41) is 4.44. The van der Waals surface area contributed by atoms with Gasteiger partial charge in [0.2, 0.25) is 0 Å². The first kappa shape index (κ1) is 16.2. The molecule has 1 rings (SSSR count). The highest BCUT2D eigenvalue weighted by molar-refractivity contribution is 5.24. The van der Waals surface area contributed by atoms with Crippen LogP contribution in [0.4, 0.5) is 0 Å². The van der Waals surface area contributed by atoms with Crippen molar-refractivity contribution in [3.8, 4) is 0 Å². The molecule has 0 aliphatic rings. The second-order valence-electron chi connectivity index (χ2n) is 6.07. The van der Waals surface area contributed by atoms with Crippen molar-refractivity contribution in [2.75, 3.05) is 7.11 Å². The van der Waals surface area contributed by atoms with Crippen LogP contribution in [0.25, 0.3) is 0 Å². The average Bonchev–Trinajstić information content (AvgIpc) is 2.59. The molecule has 0 amide bonds. The molecule has 1 heterocycles. The lowest BCUT2D eigenvalue weighted by atomic mass is 9.95. The van der Waals surface area contributed by atoms with Crippen LogP contribution < -0.4 is 5.73 Å². The predicted octanol–water partition coefficient (Wildman–Crippen LogP) is 2.50. The Hall–Kier alpha value is -0.870. The van der Waals surface area contributed by atoms with Gasteiger partial charge in [-0.25, -0.2) is 0 Å². The van der Waals surface area contributed by atoms with E-state index in [0.29, 0.717) is 0 Å². The molecule has 0 saturated heterocycles. The van der Waals surface area contributed by atoms with Crippen LogP contribution in [0, 0.1) is 13.8 Å². The third-order valence-corrected chi connectivity index (χ3v) is 4.09. The topological polar surface area (TPSA) is 53.1 Å². The lowest BCUT2D eigenvalue weighted by Crippen LogP contribution is -2.28. The maximum absolute atomic E-state index is 6.21. The zero-order chi connectivity index (χ0) is 14.6. The Morgan fingerprint density at radius 3 is 2.42 bits per heavy atom. The van der Waals surface area contributed by atoms with E-state index >= 15 is 0 Å². The third kappa shape index (κ3) is 4.62. The summed E-state index contributed by atoms with van der Waals surface area (Å²) in [6.45, 7) is 8.40. The number of methoxy groups -OCH3 is 1. The van der Waals surface area contributed by atoms with Crippen molar-refractivity contribution in [3.63, 3.8) is 0 Å². The summed E-state index contributed by atoms with van der Waals surface area (Å²) in [7, 11) is 3.75. The second-order valence-corrected chi connectivity index (χ2v) is 6.07. The van der Waals surface area contributed by atoms with Crippen LogP contribution in [-0.4, -0.2) is 28.5 Å². The molecule has 1 aromatic rings. The number of hydrogen-bond acceptors (Lipinski definition) is 3. The van der Waals surface area contributed by atoms with E-state index in [1.807, 2.05) is 11.7 Å². The molecule has 0 radical (unpaired) electrons. The minimum atomic E-state index is -0.0717. The van der Waals surface area contributed by atoms with Crippen molar-refractivity contribution in [3.05, 3.63) is 17.0 Å². The van der Waals surface area contributed by atoms with Gasteiger partial charge in [0.05, 0.1) is 11.3 Å². The Morgan fingerprint density at radius 2 is 1.95 bits per heavy atom. The Balaban J connectivity index is 2.44. The third-order valence-electron chi connectivity index (χ3n) is 4.09. The van der Waals surface area contributed by atoms with Crippen LogP contribution >= 0.6 is 0 Å². The van der Waals surface area contributed by atoms with Gasteiger partial charge in [-0.05, 0) is 58.9 Å². The van der Waals surface area contributed by atoms with E-state index < -0.39 is 0 Å². The van der Waals surface area contributed by atoms with Crippen molar-refractivity contribution in [1.29, 1.82) is 0 Å². The molecule has 1 atom stereocenters. The van der Waals surface area contributed by atoms with E-state index in [1.165, 1.54) is 11.3 Å². The van der Waals surface area contributed by atoms with Gasteiger partial charge in [0.1, 0.15) is 0 Å². The first-order chi connectivity index (χ1) is 8.76. The number of nitrogens with two attached hydrogens (primary N) is 1. The van der Waals surface area contributed by atoms with Gasteiger partial charge in [0.25, 0.3) is 0 Å². The Morgan fingerprint density at radius 1 is 1.32 bits per heavy atom. The van der Waals surface area contributed by atoms with Crippen LogP contribution in [0.2, 0.25) is 0 Å². The Bertz CT molecular complexity index is 410. The van der Waals surface area contributed by atoms with E-state index in [9.17, 15) is 0 Å². The van der Waals surface area contributed by atoms with Crippen LogP contribution in [0.5, 0.6) is 0 Å². The van der Waals surface area contributed by atoms with E-state index in [0.717, 1.165) is 31.4 Å². The molecule has 0 saturated carbocycles. The van der Waals surface area contributed by atoms with E-state index in [1.54, 1.807) is 7.11 Å². The molecule has 1 unspecified atom stereocenters. The molecule has 0 aliphatic carbocycles. The molecule has 0 aliphatic heterocycles. The van der Waals surface area contributed by atoms with Crippen molar-refractivity contribution >= 4 is 0 Å². The van der Waals surface area contributed by atoms with Crippen molar-refractivity contribution in [2.45, 2.75) is 65.0 Å². The molecule has 19 heavy (non-hydrogen) atoms. The number of ether oxygens (including phenoxy) is 1. The van der Waals surface area contributed by atoms with Gasteiger partial charge in [0.15, 0.2) is 0 Å². The second kappa shape index (κ2) is 6.53. The highest BCUT2D eigenvalue weighted by Crippen LogP contribution is 2.19. The largest absolute Gasteiger partial charge is 0.379 e. The van der Waals surface area contributed by atoms with Crippen LogP contribution in [-0.2, 0) is 18.2 Å². The first-order valence-electron chi connectivity index (χ1n) is 7.06. The highest BCUT2D eigenvalue weighted by Gasteiger charge is 2.18. The maximum atomic E-state index is 6.21. The maximum Gasteiger partial charge on any atom is 0.0628 e. The van der Waals surface area contributed by atoms with Crippen LogP contribution in [0.15, 0.2) is 0 Å². The molecular weight excluding hydrogens is 238 g/mol. The highest BCUT2D eigenvalue weighted by atomic mass is 16.5. The summed E-state index contributed by atoms with van der Waals surface area (Å²) in [5.74, 6) is 0. The SMILES string of the molecule is COC(C)(C)CCC(N)CCc1c(C)nn(C)c1C. The fraction of sp³-hybridized carbons (Fsp3) is 0.800. The van der Waals surface area contributed by atoms with Crippen molar-refractivity contribution < 1.29 is 4.74 Å². The molecule has 0 aromatic carbocycles. The van der Waals surface area contributed by atoms with E-state index in [-0.39, 0.29) is 11.6 Å².